The van der Waals surface area contributed by atoms with Crippen LogP contribution < -0.4 is 15.4 Å². The molecule has 25 heavy (non-hydrogen) atoms. The molecule has 1 amide bonds. The number of methoxy groups -OCH3 is 1. The Morgan fingerprint density at radius 1 is 1.28 bits per heavy atom. The third-order valence-electron chi connectivity index (χ3n) is 4.56. The second kappa shape index (κ2) is 9.17. The third-order valence-corrected chi connectivity index (χ3v) is 4.56. The van der Waals surface area contributed by atoms with Crippen LogP contribution >= 0.6 is 0 Å². The molecule has 0 bridgehead atoms. The summed E-state index contributed by atoms with van der Waals surface area (Å²) in [7, 11) is 1.62. The number of carbonyl (C=O) groups is 1. The van der Waals surface area contributed by atoms with Gasteiger partial charge in [0.25, 0.3) is 0 Å². The minimum Gasteiger partial charge on any atom is -0.491 e. The van der Waals surface area contributed by atoms with Gasteiger partial charge < -0.3 is 25.2 Å². The van der Waals surface area contributed by atoms with Crippen molar-refractivity contribution in [2.45, 2.75) is 38.9 Å². The van der Waals surface area contributed by atoms with Crippen molar-refractivity contribution in [2.24, 2.45) is 5.41 Å². The van der Waals surface area contributed by atoms with Crippen molar-refractivity contribution < 1.29 is 19.4 Å². The lowest BCUT2D eigenvalue weighted by atomic mass is 9.78. The first-order chi connectivity index (χ1) is 12.0. The fourth-order valence-corrected chi connectivity index (χ4v) is 3.15. The number of piperidine rings is 1. The highest BCUT2D eigenvalue weighted by Crippen LogP contribution is 2.29. The molecule has 6 nitrogen and oxygen atoms in total. The number of aliphatic hydroxyl groups excluding tert-OH is 1. The maximum Gasteiger partial charge on any atom is 0.228 e. The van der Waals surface area contributed by atoms with E-state index in [9.17, 15) is 9.90 Å². The number of carbonyl (C=O) groups excluding carboxylic acids is 1. The number of ether oxygens (including phenoxy) is 2. The summed E-state index contributed by atoms with van der Waals surface area (Å²) in [5.41, 5.74) is 0.247. The summed E-state index contributed by atoms with van der Waals surface area (Å²) in [4.78, 5) is 12.7. The fraction of sp³-hybridized carbons (Fsp3) is 0.632. The topological polar surface area (TPSA) is 79.8 Å². The molecular weight excluding hydrogens is 320 g/mol. The van der Waals surface area contributed by atoms with E-state index in [2.05, 4.69) is 10.6 Å². The average molecular weight is 350 g/mol. The molecule has 1 aliphatic heterocycles. The van der Waals surface area contributed by atoms with Crippen LogP contribution in [0.25, 0.3) is 0 Å². The van der Waals surface area contributed by atoms with Crippen LogP contribution in [-0.4, -0.2) is 50.5 Å². The average Bonchev–Trinajstić information content (AvgIpc) is 2.60. The van der Waals surface area contributed by atoms with E-state index in [1.54, 1.807) is 7.11 Å². The van der Waals surface area contributed by atoms with Crippen molar-refractivity contribution in [3.63, 3.8) is 0 Å². The molecule has 0 saturated carbocycles. The summed E-state index contributed by atoms with van der Waals surface area (Å²) in [6.45, 7) is 6.12. The van der Waals surface area contributed by atoms with E-state index in [4.69, 9.17) is 9.47 Å². The first-order valence-electron chi connectivity index (χ1n) is 8.89. The SMILES string of the molecule is COCC1(C(=O)NCC(O)c2ccc(OC(C)C)cc2)CCNCC1. The Morgan fingerprint density at radius 3 is 2.48 bits per heavy atom. The molecule has 1 heterocycles. The van der Waals surface area contributed by atoms with Gasteiger partial charge in [0.15, 0.2) is 0 Å². The predicted octanol–water partition coefficient (Wildman–Crippen LogP) is 1.64. The number of hydrogen-bond donors (Lipinski definition) is 3. The van der Waals surface area contributed by atoms with Gasteiger partial charge in [-0.25, -0.2) is 0 Å². The zero-order chi connectivity index (χ0) is 18.3. The highest BCUT2D eigenvalue weighted by molar-refractivity contribution is 5.83. The summed E-state index contributed by atoms with van der Waals surface area (Å²) in [5.74, 6) is 0.721. The van der Waals surface area contributed by atoms with Crippen molar-refractivity contribution in [1.29, 1.82) is 0 Å². The molecule has 0 aromatic heterocycles. The Hall–Kier alpha value is -1.63. The molecule has 0 aliphatic carbocycles. The van der Waals surface area contributed by atoms with Gasteiger partial charge in [-0.2, -0.15) is 0 Å². The Labute approximate surface area is 149 Å². The number of nitrogens with one attached hydrogen (secondary N) is 2. The number of rotatable bonds is 8. The second-order valence-electron chi connectivity index (χ2n) is 6.92. The standard InChI is InChI=1S/C19H30N2O4/c1-14(2)25-16-6-4-15(5-7-16)17(22)12-21-18(23)19(13-24-3)8-10-20-11-9-19/h4-7,14,17,20,22H,8-13H2,1-3H3,(H,21,23). The van der Waals surface area contributed by atoms with Gasteiger partial charge in [-0.05, 0) is 57.5 Å². The second-order valence-corrected chi connectivity index (χ2v) is 6.92. The minimum atomic E-state index is -0.752. The summed E-state index contributed by atoms with van der Waals surface area (Å²) in [6.07, 6.45) is 0.837. The van der Waals surface area contributed by atoms with Gasteiger partial charge in [0, 0.05) is 13.7 Å². The van der Waals surface area contributed by atoms with E-state index in [1.165, 1.54) is 0 Å². The van der Waals surface area contributed by atoms with Crippen LogP contribution in [0, 0.1) is 5.41 Å². The first-order valence-corrected chi connectivity index (χ1v) is 8.89. The first kappa shape index (κ1) is 19.7. The lowest BCUT2D eigenvalue weighted by molar-refractivity contribution is -0.136. The zero-order valence-electron chi connectivity index (χ0n) is 15.4. The molecule has 1 unspecified atom stereocenters. The van der Waals surface area contributed by atoms with Gasteiger partial charge >= 0.3 is 0 Å². The lowest BCUT2D eigenvalue weighted by Crippen LogP contribution is -2.50. The molecule has 3 N–H and O–H groups in total. The molecule has 1 fully saturated rings. The van der Waals surface area contributed by atoms with Crippen molar-refractivity contribution >= 4 is 5.91 Å². The van der Waals surface area contributed by atoms with Gasteiger partial charge in [0.05, 0.1) is 24.2 Å². The molecule has 140 valence electrons. The molecule has 1 aliphatic rings. The smallest absolute Gasteiger partial charge is 0.228 e. The van der Waals surface area contributed by atoms with E-state index in [1.807, 2.05) is 38.1 Å². The lowest BCUT2D eigenvalue weighted by Gasteiger charge is -2.35. The number of aliphatic hydroxyl groups is 1. The number of benzene rings is 1. The largest absolute Gasteiger partial charge is 0.491 e. The van der Waals surface area contributed by atoms with E-state index >= 15 is 0 Å². The molecular formula is C19H30N2O4. The van der Waals surface area contributed by atoms with Crippen LogP contribution in [0.5, 0.6) is 5.75 Å². The highest BCUT2D eigenvalue weighted by Gasteiger charge is 2.39. The Morgan fingerprint density at radius 2 is 1.92 bits per heavy atom. The van der Waals surface area contributed by atoms with Crippen LogP contribution in [0.3, 0.4) is 0 Å². The third kappa shape index (κ3) is 5.42. The highest BCUT2D eigenvalue weighted by atomic mass is 16.5. The van der Waals surface area contributed by atoms with Gasteiger partial charge in [0.1, 0.15) is 5.75 Å². The van der Waals surface area contributed by atoms with Gasteiger partial charge in [-0.3, -0.25) is 4.79 Å². The van der Waals surface area contributed by atoms with Crippen LogP contribution in [0.1, 0.15) is 38.4 Å². The Bertz CT molecular complexity index is 533. The molecule has 1 aromatic rings. The fourth-order valence-electron chi connectivity index (χ4n) is 3.15. The van der Waals surface area contributed by atoms with Crippen molar-refractivity contribution in [1.82, 2.24) is 10.6 Å². The maximum atomic E-state index is 12.7. The summed E-state index contributed by atoms with van der Waals surface area (Å²) >= 11 is 0. The quantitative estimate of drug-likeness (QED) is 0.664. The Kier molecular flexibility index (Phi) is 7.23. The molecule has 0 spiro atoms. The molecule has 6 heteroatoms. The molecule has 1 aromatic carbocycles. The predicted molar refractivity (Wildman–Crippen MR) is 96.6 cm³/mol. The molecule has 2 rings (SSSR count). The van der Waals surface area contributed by atoms with Crippen molar-refractivity contribution in [3.05, 3.63) is 29.8 Å². The van der Waals surface area contributed by atoms with Crippen LogP contribution in [0.4, 0.5) is 0 Å². The van der Waals surface area contributed by atoms with Crippen molar-refractivity contribution in [2.75, 3.05) is 33.4 Å². The number of amides is 1. The van der Waals surface area contributed by atoms with Gasteiger partial charge in [-0.1, -0.05) is 12.1 Å². The summed E-state index contributed by atoms with van der Waals surface area (Å²) in [6, 6.07) is 7.31. The monoisotopic (exact) mass is 350 g/mol. The molecule has 0 radical (unpaired) electrons. The van der Waals surface area contributed by atoms with Crippen LogP contribution in [0.2, 0.25) is 0 Å². The molecule has 1 atom stereocenters. The van der Waals surface area contributed by atoms with E-state index < -0.39 is 11.5 Å². The maximum absolute atomic E-state index is 12.7. The van der Waals surface area contributed by atoms with E-state index in [-0.39, 0.29) is 18.6 Å². The van der Waals surface area contributed by atoms with E-state index in [0.717, 1.165) is 37.2 Å². The normalized spacial score (nSPS) is 18.0. The van der Waals surface area contributed by atoms with Crippen LogP contribution in [-0.2, 0) is 9.53 Å². The van der Waals surface area contributed by atoms with E-state index in [0.29, 0.717) is 6.61 Å². The molecule has 1 saturated heterocycles. The number of hydrogen-bond acceptors (Lipinski definition) is 5. The van der Waals surface area contributed by atoms with Crippen LogP contribution in [0.15, 0.2) is 24.3 Å². The van der Waals surface area contributed by atoms with Gasteiger partial charge in [-0.15, -0.1) is 0 Å². The van der Waals surface area contributed by atoms with Gasteiger partial charge in [0.2, 0.25) is 5.91 Å². The zero-order valence-corrected chi connectivity index (χ0v) is 15.4. The Balaban J connectivity index is 1.91. The summed E-state index contributed by atoms with van der Waals surface area (Å²) < 4.78 is 10.9. The van der Waals surface area contributed by atoms with Crippen molar-refractivity contribution in [3.8, 4) is 5.75 Å². The summed E-state index contributed by atoms with van der Waals surface area (Å²) in [5, 5.41) is 16.5. The minimum absolute atomic E-state index is 0.0466.